The van der Waals surface area contributed by atoms with Crippen LogP contribution in [0.25, 0.3) is 0 Å². The quantitative estimate of drug-likeness (QED) is 0.744. The summed E-state index contributed by atoms with van der Waals surface area (Å²) in [4.78, 5) is 0. The summed E-state index contributed by atoms with van der Waals surface area (Å²) < 4.78 is 6.08. The van der Waals surface area contributed by atoms with E-state index in [0.717, 1.165) is 18.3 Å². The van der Waals surface area contributed by atoms with Crippen LogP contribution in [0.5, 0.6) is 0 Å². The molecule has 1 spiro atoms. The first kappa shape index (κ1) is 14.0. The molecule has 0 aromatic heterocycles. The summed E-state index contributed by atoms with van der Waals surface area (Å²) in [5.74, 6) is 2.44. The maximum absolute atomic E-state index is 10.5. The van der Waals surface area contributed by atoms with Crippen LogP contribution in [0, 0.1) is 34.0 Å². The molecule has 4 saturated carbocycles. The highest BCUT2D eigenvalue weighted by Gasteiger charge is 2.77. The van der Waals surface area contributed by atoms with E-state index in [4.69, 9.17) is 4.74 Å². The van der Waals surface area contributed by atoms with Crippen LogP contribution in [-0.4, -0.2) is 24.4 Å². The van der Waals surface area contributed by atoms with Crippen LogP contribution < -0.4 is 0 Å². The molecule has 5 aliphatic rings. The van der Waals surface area contributed by atoms with Gasteiger partial charge in [0.25, 0.3) is 0 Å². The van der Waals surface area contributed by atoms with Gasteiger partial charge < -0.3 is 9.84 Å². The van der Waals surface area contributed by atoms with Gasteiger partial charge in [-0.15, -0.1) is 0 Å². The van der Waals surface area contributed by atoms with E-state index < -0.39 is 0 Å². The van der Waals surface area contributed by atoms with Crippen molar-refractivity contribution in [3.8, 4) is 0 Å². The Bertz CT molecular complexity index is 554. The Balaban J connectivity index is 1.58. The second-order valence-electron chi connectivity index (χ2n) is 9.44. The van der Waals surface area contributed by atoms with Gasteiger partial charge in [0, 0.05) is 17.9 Å². The molecule has 8 atom stereocenters. The number of rotatable bonds is 1. The summed E-state index contributed by atoms with van der Waals surface area (Å²) in [5, 5.41) is 10.5. The molecule has 0 heterocycles. The summed E-state index contributed by atoms with van der Waals surface area (Å²) in [6.45, 7) is 4.91. The Labute approximate surface area is 134 Å². The van der Waals surface area contributed by atoms with Gasteiger partial charge in [-0.05, 0) is 68.1 Å². The number of methoxy groups -OCH3 is 1. The van der Waals surface area contributed by atoms with Crippen molar-refractivity contribution in [2.24, 2.45) is 34.0 Å². The minimum atomic E-state index is -0.148. The second kappa shape index (κ2) is 4.00. The van der Waals surface area contributed by atoms with E-state index in [9.17, 15) is 5.11 Å². The fraction of sp³-hybridized carbons (Fsp3) is 0.900. The lowest BCUT2D eigenvalue weighted by molar-refractivity contribution is -0.125. The van der Waals surface area contributed by atoms with Crippen molar-refractivity contribution in [3.05, 3.63) is 11.6 Å². The van der Waals surface area contributed by atoms with E-state index in [-0.39, 0.29) is 11.5 Å². The first-order valence-corrected chi connectivity index (χ1v) is 9.39. The molecule has 5 aliphatic carbocycles. The second-order valence-corrected chi connectivity index (χ2v) is 9.44. The summed E-state index contributed by atoms with van der Waals surface area (Å²) >= 11 is 0. The highest BCUT2D eigenvalue weighted by Crippen LogP contribution is 2.81. The van der Waals surface area contributed by atoms with Gasteiger partial charge in [0.05, 0.1) is 12.2 Å². The van der Waals surface area contributed by atoms with Crippen molar-refractivity contribution >= 4 is 0 Å². The highest BCUT2D eigenvalue weighted by molar-refractivity contribution is 5.34. The molecule has 5 rings (SSSR count). The molecular weight excluding hydrogens is 272 g/mol. The molecule has 122 valence electrons. The van der Waals surface area contributed by atoms with Crippen LogP contribution in [0.2, 0.25) is 0 Å². The molecule has 4 fully saturated rings. The standard InChI is InChI=1S/C20H30O2/c1-18-8-7-15-13(14(18)4-5-16(18)21)10-17(22-3)20-11-12(20)6-9-19(15,20)2/h4,12-13,15-17,21H,5-11H2,1-3H3/t12-,13-,15-,16+,17+,18-,19+,20-/m0/s1. The molecule has 1 N–H and O–H groups in total. The van der Waals surface area contributed by atoms with E-state index in [1.165, 1.54) is 38.5 Å². The van der Waals surface area contributed by atoms with Crippen LogP contribution in [0.15, 0.2) is 11.6 Å². The van der Waals surface area contributed by atoms with E-state index in [1.54, 1.807) is 5.57 Å². The van der Waals surface area contributed by atoms with Crippen LogP contribution in [0.3, 0.4) is 0 Å². The van der Waals surface area contributed by atoms with Crippen LogP contribution in [0.1, 0.15) is 58.8 Å². The lowest BCUT2D eigenvalue weighted by atomic mass is 9.47. The van der Waals surface area contributed by atoms with Crippen molar-refractivity contribution in [2.45, 2.75) is 71.0 Å². The highest BCUT2D eigenvalue weighted by atomic mass is 16.5. The molecule has 2 heteroatoms. The Morgan fingerprint density at radius 1 is 1.23 bits per heavy atom. The average molecular weight is 302 g/mol. The average Bonchev–Trinajstić information content (AvgIpc) is 3.05. The molecular formula is C20H30O2. The Hall–Kier alpha value is -0.340. The van der Waals surface area contributed by atoms with Crippen LogP contribution in [-0.2, 0) is 4.74 Å². The van der Waals surface area contributed by atoms with Crippen molar-refractivity contribution in [3.63, 3.8) is 0 Å². The van der Waals surface area contributed by atoms with Gasteiger partial charge in [-0.2, -0.15) is 0 Å². The van der Waals surface area contributed by atoms with Gasteiger partial charge in [-0.3, -0.25) is 0 Å². The van der Waals surface area contributed by atoms with Gasteiger partial charge in [-0.25, -0.2) is 0 Å². The number of aliphatic hydroxyl groups is 1. The lowest BCUT2D eigenvalue weighted by Gasteiger charge is -2.58. The summed E-state index contributed by atoms with van der Waals surface area (Å²) in [5.41, 5.74) is 2.64. The molecule has 0 aromatic carbocycles. The van der Waals surface area contributed by atoms with Crippen molar-refractivity contribution in [1.29, 1.82) is 0 Å². The maximum Gasteiger partial charge on any atom is 0.0665 e. The van der Waals surface area contributed by atoms with Gasteiger partial charge in [0.15, 0.2) is 0 Å². The normalized spacial score (nSPS) is 61.8. The molecule has 0 radical (unpaired) electrons. The predicted molar refractivity (Wildman–Crippen MR) is 86.3 cm³/mol. The molecule has 0 aromatic rings. The van der Waals surface area contributed by atoms with Gasteiger partial charge in [0.2, 0.25) is 0 Å². The summed E-state index contributed by atoms with van der Waals surface area (Å²) in [6, 6.07) is 0. The first-order chi connectivity index (χ1) is 10.5. The topological polar surface area (TPSA) is 29.5 Å². The SMILES string of the molecule is CO[C@@H]1C[C@H]2C3=CC[C@@H](O)[C@@]3(C)CC[C@@H]2[C@@]2(C)CC[C@H]3C[C@]312. The van der Waals surface area contributed by atoms with Gasteiger partial charge >= 0.3 is 0 Å². The number of ether oxygens (including phenoxy) is 1. The third kappa shape index (κ3) is 1.30. The number of fused-ring (bicyclic) bond motifs is 4. The molecule has 0 amide bonds. The Morgan fingerprint density at radius 3 is 2.77 bits per heavy atom. The third-order valence-corrected chi connectivity index (χ3v) is 9.19. The molecule has 2 nitrogen and oxygen atoms in total. The van der Waals surface area contributed by atoms with Gasteiger partial charge in [-0.1, -0.05) is 25.5 Å². The van der Waals surface area contributed by atoms with Crippen LogP contribution >= 0.6 is 0 Å². The zero-order valence-electron chi connectivity index (χ0n) is 14.3. The minimum Gasteiger partial charge on any atom is -0.392 e. The summed E-state index contributed by atoms with van der Waals surface area (Å²) in [7, 11) is 1.94. The maximum atomic E-state index is 10.5. The van der Waals surface area contributed by atoms with Crippen molar-refractivity contribution in [1.82, 2.24) is 0 Å². The van der Waals surface area contributed by atoms with Crippen LogP contribution in [0.4, 0.5) is 0 Å². The molecule has 0 bridgehead atoms. The number of hydrogen-bond donors (Lipinski definition) is 1. The molecule has 0 unspecified atom stereocenters. The Kier molecular flexibility index (Phi) is 2.56. The van der Waals surface area contributed by atoms with Crippen molar-refractivity contribution in [2.75, 3.05) is 7.11 Å². The monoisotopic (exact) mass is 302 g/mol. The largest absolute Gasteiger partial charge is 0.392 e. The van der Waals surface area contributed by atoms with E-state index >= 15 is 0 Å². The lowest BCUT2D eigenvalue weighted by Crippen LogP contribution is -2.55. The molecule has 0 saturated heterocycles. The zero-order valence-corrected chi connectivity index (χ0v) is 14.3. The van der Waals surface area contributed by atoms with Gasteiger partial charge in [0.1, 0.15) is 0 Å². The van der Waals surface area contributed by atoms with E-state index in [2.05, 4.69) is 19.9 Å². The van der Waals surface area contributed by atoms with E-state index in [0.29, 0.717) is 22.9 Å². The fourth-order valence-corrected chi connectivity index (χ4v) is 7.89. The first-order valence-electron chi connectivity index (χ1n) is 9.39. The zero-order chi connectivity index (χ0) is 15.3. The number of aliphatic hydroxyl groups excluding tert-OH is 1. The fourth-order valence-electron chi connectivity index (χ4n) is 7.89. The smallest absolute Gasteiger partial charge is 0.0665 e. The third-order valence-electron chi connectivity index (χ3n) is 9.19. The molecule has 22 heavy (non-hydrogen) atoms. The number of hydrogen-bond acceptors (Lipinski definition) is 2. The summed E-state index contributed by atoms with van der Waals surface area (Å²) in [6.07, 6.45) is 11.5. The predicted octanol–water partition coefficient (Wildman–Crippen LogP) is 3.94. The van der Waals surface area contributed by atoms with Crippen molar-refractivity contribution < 1.29 is 9.84 Å². The van der Waals surface area contributed by atoms with E-state index in [1.807, 2.05) is 7.11 Å². The minimum absolute atomic E-state index is 0.0574. The molecule has 0 aliphatic heterocycles. The Morgan fingerprint density at radius 2 is 2.05 bits per heavy atom.